The summed E-state index contributed by atoms with van der Waals surface area (Å²) < 4.78 is 27.8. The number of methoxy groups -OCH3 is 1. The highest BCUT2D eigenvalue weighted by atomic mass is 16.7. The summed E-state index contributed by atoms with van der Waals surface area (Å²) in [6, 6.07) is 8.60. The van der Waals surface area contributed by atoms with E-state index in [9.17, 15) is 40.5 Å². The quantitative estimate of drug-likeness (QED) is 0.210. The van der Waals surface area contributed by atoms with Gasteiger partial charge >= 0.3 is 0 Å². The van der Waals surface area contributed by atoms with Crippen LogP contribution < -0.4 is 14.9 Å². The molecule has 0 bridgehead atoms. The van der Waals surface area contributed by atoms with Crippen molar-refractivity contribution in [1.29, 1.82) is 0 Å². The van der Waals surface area contributed by atoms with E-state index in [1.165, 1.54) is 38.3 Å². The second-order valence-corrected chi connectivity index (χ2v) is 9.82. The Balaban J connectivity index is 1.45. The third-order valence-corrected chi connectivity index (χ3v) is 7.18. The second kappa shape index (κ2) is 11.0. The number of aliphatic hydroxyl groups is 6. The average Bonchev–Trinajstić information content (AvgIpc) is 2.93. The van der Waals surface area contributed by atoms with Crippen molar-refractivity contribution in [3.63, 3.8) is 0 Å². The van der Waals surface area contributed by atoms with Crippen molar-refractivity contribution in [2.45, 2.75) is 62.0 Å². The predicted octanol–water partition coefficient (Wildman–Crippen LogP) is -0.466. The van der Waals surface area contributed by atoms with Crippen LogP contribution >= 0.6 is 0 Å². The molecule has 3 heterocycles. The summed E-state index contributed by atoms with van der Waals surface area (Å²) in [5, 5.41) is 71.1. The van der Waals surface area contributed by atoms with Gasteiger partial charge in [-0.2, -0.15) is 0 Å². The van der Waals surface area contributed by atoms with E-state index in [4.69, 9.17) is 23.4 Å². The zero-order valence-electron chi connectivity index (χ0n) is 21.4. The van der Waals surface area contributed by atoms with Crippen LogP contribution in [0.5, 0.6) is 17.2 Å². The Labute approximate surface area is 227 Å². The third-order valence-electron chi connectivity index (χ3n) is 7.18. The lowest BCUT2D eigenvalue weighted by Gasteiger charge is -2.38. The molecule has 3 aromatic rings. The molecular formula is C27H30O13. The first kappa shape index (κ1) is 28.3. The number of phenolic OH excluding ortho intramolecular Hbond substituents is 1. The monoisotopic (exact) mass is 562 g/mol. The van der Waals surface area contributed by atoms with E-state index in [1.54, 1.807) is 12.1 Å². The Bertz CT molecular complexity index is 1420. The molecule has 0 spiro atoms. The highest BCUT2D eigenvalue weighted by molar-refractivity contribution is 5.88. The van der Waals surface area contributed by atoms with Crippen LogP contribution in [0.1, 0.15) is 18.6 Å². The number of benzene rings is 2. The van der Waals surface area contributed by atoms with Gasteiger partial charge in [-0.1, -0.05) is 0 Å². The maximum Gasteiger partial charge on any atom is 0.229 e. The van der Waals surface area contributed by atoms with Crippen molar-refractivity contribution in [1.82, 2.24) is 0 Å². The maximum atomic E-state index is 13.2. The molecule has 2 aliphatic heterocycles. The number of ether oxygens (including phenoxy) is 4. The van der Waals surface area contributed by atoms with Crippen LogP contribution in [0.15, 0.2) is 45.6 Å². The number of phenols is 1. The zero-order valence-corrected chi connectivity index (χ0v) is 21.4. The molecule has 2 fully saturated rings. The van der Waals surface area contributed by atoms with Crippen molar-refractivity contribution in [3.8, 4) is 28.6 Å². The lowest BCUT2D eigenvalue weighted by atomic mass is 9.92. The first-order chi connectivity index (χ1) is 19.0. The minimum absolute atomic E-state index is 0.0212. The Morgan fingerprint density at radius 1 is 0.900 bits per heavy atom. The average molecular weight is 563 g/mol. The van der Waals surface area contributed by atoms with Gasteiger partial charge in [0.05, 0.1) is 25.4 Å². The second-order valence-electron chi connectivity index (χ2n) is 9.82. The smallest absolute Gasteiger partial charge is 0.229 e. The largest absolute Gasteiger partial charge is 0.507 e. The molecule has 0 saturated carbocycles. The fraction of sp³-hybridized carbons (Fsp3) is 0.444. The van der Waals surface area contributed by atoms with Crippen LogP contribution in [-0.4, -0.2) is 98.5 Å². The summed E-state index contributed by atoms with van der Waals surface area (Å²) in [6.45, 7) is 1.22. The molecule has 1 aromatic heterocycles. The fourth-order valence-corrected chi connectivity index (χ4v) is 4.92. The summed E-state index contributed by atoms with van der Waals surface area (Å²) in [5.74, 6) is -0.117. The van der Waals surface area contributed by atoms with Crippen LogP contribution in [-0.2, 0) is 9.47 Å². The maximum absolute atomic E-state index is 13.2. The minimum Gasteiger partial charge on any atom is -0.507 e. The Hall–Kier alpha value is -3.27. The predicted molar refractivity (Wildman–Crippen MR) is 136 cm³/mol. The summed E-state index contributed by atoms with van der Waals surface area (Å²) in [7, 11) is 1.26. The first-order valence-corrected chi connectivity index (χ1v) is 12.5. The van der Waals surface area contributed by atoms with Crippen molar-refractivity contribution in [3.05, 3.63) is 52.2 Å². The van der Waals surface area contributed by atoms with Crippen LogP contribution in [0.3, 0.4) is 0 Å². The van der Waals surface area contributed by atoms with E-state index in [1.807, 2.05) is 0 Å². The van der Waals surface area contributed by atoms with E-state index in [0.717, 1.165) is 0 Å². The number of hydrogen-bond acceptors (Lipinski definition) is 13. The van der Waals surface area contributed by atoms with Gasteiger partial charge in [0, 0.05) is 17.7 Å². The number of fused-ring (bicyclic) bond motifs is 1. The van der Waals surface area contributed by atoms with Gasteiger partial charge in [0.1, 0.15) is 76.7 Å². The molecule has 2 aromatic carbocycles. The summed E-state index contributed by atoms with van der Waals surface area (Å²) >= 11 is 0. The molecule has 2 saturated heterocycles. The van der Waals surface area contributed by atoms with E-state index in [-0.39, 0.29) is 40.4 Å². The normalized spacial score (nSPS) is 32.6. The molecule has 2 aliphatic rings. The van der Waals surface area contributed by atoms with Gasteiger partial charge in [0.15, 0.2) is 5.43 Å². The number of aliphatic hydroxyl groups excluding tert-OH is 6. The summed E-state index contributed by atoms with van der Waals surface area (Å²) in [6.07, 6.45) is -11.9. The molecule has 40 heavy (non-hydrogen) atoms. The van der Waals surface area contributed by atoms with Crippen LogP contribution in [0, 0.1) is 0 Å². The molecule has 13 heteroatoms. The van der Waals surface area contributed by atoms with Gasteiger partial charge in [-0.05, 0) is 31.2 Å². The number of aromatic hydroxyl groups is 1. The van der Waals surface area contributed by atoms with E-state index in [2.05, 4.69) is 0 Å². The van der Waals surface area contributed by atoms with Crippen LogP contribution in [0.2, 0.25) is 0 Å². The summed E-state index contributed by atoms with van der Waals surface area (Å²) in [4.78, 5) is 13.2. The summed E-state index contributed by atoms with van der Waals surface area (Å²) in [5.41, 5.74) is -0.159. The molecule has 216 valence electrons. The van der Waals surface area contributed by atoms with E-state index < -0.39 is 66.3 Å². The van der Waals surface area contributed by atoms with Crippen molar-refractivity contribution >= 4 is 11.0 Å². The van der Waals surface area contributed by atoms with Gasteiger partial charge in [0.25, 0.3) is 0 Å². The van der Waals surface area contributed by atoms with Gasteiger partial charge in [0.2, 0.25) is 6.29 Å². The van der Waals surface area contributed by atoms with Gasteiger partial charge in [-0.15, -0.1) is 0 Å². The molecular weight excluding hydrogens is 532 g/mol. The number of rotatable bonds is 5. The zero-order chi connectivity index (χ0) is 28.9. The van der Waals surface area contributed by atoms with Crippen molar-refractivity contribution in [2.75, 3.05) is 13.7 Å². The standard InChI is InChI=1S/C27H30O13/c1-10-20(31)22(33)24(35)27(38-10)39-12-5-3-11(4-6-12)16-7-13(28)18-17(40-16)8-14(29)19(25(18)36-2)26-23(34)21(32)15(30)9-37-26/h3-8,10,15,20-24,26-27,29-35H,9H2,1-2H3/t10-,15-,20+,21-,22+,23-,24+,26+,27+/m1/s1. The van der Waals surface area contributed by atoms with E-state index >= 15 is 0 Å². The minimum atomic E-state index is -1.61. The molecule has 0 aliphatic carbocycles. The lowest BCUT2D eigenvalue weighted by molar-refractivity contribution is -0.268. The highest BCUT2D eigenvalue weighted by Crippen LogP contribution is 2.44. The SMILES string of the molecule is COc1c([C@@H]2OC[C@@H](O)[C@@H](O)[C@H]2O)c(O)cc2oc(-c3ccc(O[C@@H]4O[C@H](C)[C@H](O)[C@H](O)[C@@H]4O)cc3)cc(=O)c12. The molecule has 0 radical (unpaired) electrons. The van der Waals surface area contributed by atoms with Gasteiger partial charge in [-0.25, -0.2) is 0 Å². The van der Waals surface area contributed by atoms with Crippen LogP contribution in [0.25, 0.3) is 22.3 Å². The molecule has 7 N–H and O–H groups in total. The Morgan fingerprint density at radius 2 is 1.60 bits per heavy atom. The van der Waals surface area contributed by atoms with Crippen molar-refractivity contribution < 1.29 is 59.1 Å². The highest BCUT2D eigenvalue weighted by Gasteiger charge is 2.43. The molecule has 9 atom stereocenters. The van der Waals surface area contributed by atoms with Gasteiger partial charge in [-0.3, -0.25) is 4.79 Å². The van der Waals surface area contributed by atoms with Crippen molar-refractivity contribution in [2.24, 2.45) is 0 Å². The first-order valence-electron chi connectivity index (χ1n) is 12.5. The van der Waals surface area contributed by atoms with Gasteiger partial charge < -0.3 is 59.1 Å². The molecule has 0 unspecified atom stereocenters. The Kier molecular flexibility index (Phi) is 7.74. The molecule has 0 amide bonds. The number of hydrogen-bond donors (Lipinski definition) is 7. The third kappa shape index (κ3) is 4.91. The molecule has 5 rings (SSSR count). The van der Waals surface area contributed by atoms with Crippen LogP contribution in [0.4, 0.5) is 0 Å². The topological polar surface area (TPSA) is 209 Å². The molecule has 13 nitrogen and oxygen atoms in total. The fourth-order valence-electron chi connectivity index (χ4n) is 4.92. The lowest BCUT2D eigenvalue weighted by Crippen LogP contribution is -2.58. The Morgan fingerprint density at radius 3 is 2.27 bits per heavy atom. The van der Waals surface area contributed by atoms with E-state index in [0.29, 0.717) is 5.56 Å².